The van der Waals surface area contributed by atoms with Gasteiger partial charge in [0.1, 0.15) is 0 Å². The van der Waals surface area contributed by atoms with Gasteiger partial charge in [-0.2, -0.15) is 35.1 Å². The van der Waals surface area contributed by atoms with Crippen LogP contribution < -0.4 is 0 Å². The summed E-state index contributed by atoms with van der Waals surface area (Å²) in [7, 11) is 0. The molecule has 0 saturated heterocycles. The molecule has 1 aromatic rings. The Hall–Kier alpha value is -0.720. The highest BCUT2D eigenvalue weighted by molar-refractivity contribution is 14.1. The third kappa shape index (κ3) is 2.40. The second kappa shape index (κ2) is 5.40. The fourth-order valence-electron chi connectivity index (χ4n) is 2.71. The van der Waals surface area contributed by atoms with E-state index in [0.717, 1.165) is 12.1 Å². The van der Waals surface area contributed by atoms with E-state index in [2.05, 4.69) is 0 Å². The van der Waals surface area contributed by atoms with E-state index in [1.165, 1.54) is 12.1 Å². The van der Waals surface area contributed by atoms with Crippen molar-refractivity contribution in [2.75, 3.05) is 0 Å². The quantitative estimate of drug-likeness (QED) is 0.458. The van der Waals surface area contributed by atoms with E-state index in [4.69, 9.17) is 0 Å². The first-order chi connectivity index (χ1) is 11.0. The molecule has 1 atom stereocenters. The maximum absolute atomic E-state index is 14.5. The zero-order chi connectivity index (χ0) is 19.7. The van der Waals surface area contributed by atoms with Crippen molar-refractivity contribution in [3.63, 3.8) is 0 Å². The topological polar surface area (TPSA) is 20.2 Å². The molecule has 1 saturated carbocycles. The molecule has 1 N–H and O–H groups in total. The third-order valence-electron chi connectivity index (χ3n) is 4.21. The molecule has 0 radical (unpaired) electrons. The molecular formula is C14H10F9IO. The van der Waals surface area contributed by atoms with Crippen LogP contribution in [0.4, 0.5) is 39.5 Å². The summed E-state index contributed by atoms with van der Waals surface area (Å²) in [5.41, 5.74) is -8.90. The van der Waals surface area contributed by atoms with Crippen LogP contribution in [-0.4, -0.2) is 34.5 Å². The Morgan fingerprint density at radius 3 is 1.72 bits per heavy atom. The Bertz CT molecular complexity index is 661. The lowest BCUT2D eigenvalue weighted by Gasteiger charge is -2.36. The van der Waals surface area contributed by atoms with E-state index in [9.17, 15) is 44.6 Å². The zero-order valence-electron chi connectivity index (χ0n) is 12.2. The van der Waals surface area contributed by atoms with Crippen molar-refractivity contribution in [3.8, 4) is 0 Å². The monoisotopic (exact) mass is 492 g/mol. The summed E-state index contributed by atoms with van der Waals surface area (Å²) in [6, 6.07) is 4.83. The number of alkyl halides is 9. The Morgan fingerprint density at radius 2 is 1.32 bits per heavy atom. The van der Waals surface area contributed by atoms with Crippen molar-refractivity contribution in [2.24, 2.45) is 0 Å². The molecule has 0 aromatic heterocycles. The van der Waals surface area contributed by atoms with Gasteiger partial charge in [-0.15, -0.1) is 0 Å². The average molecular weight is 492 g/mol. The van der Waals surface area contributed by atoms with Crippen molar-refractivity contribution in [1.29, 1.82) is 0 Å². The number of aliphatic hydroxyl groups is 1. The third-order valence-corrected chi connectivity index (χ3v) is 4.88. The Balaban J connectivity index is 2.60. The molecule has 1 nitrogen and oxygen atoms in total. The van der Waals surface area contributed by atoms with E-state index in [0.29, 0.717) is 10.5 Å². The van der Waals surface area contributed by atoms with Gasteiger partial charge in [-0.1, -0.05) is 12.1 Å². The van der Waals surface area contributed by atoms with Crippen molar-refractivity contribution < 1.29 is 44.6 Å². The number of benzene rings is 1. The summed E-state index contributed by atoms with van der Waals surface area (Å²) in [4.78, 5) is 0. The molecule has 0 aliphatic heterocycles. The van der Waals surface area contributed by atoms with Crippen LogP contribution in [0.15, 0.2) is 24.3 Å². The van der Waals surface area contributed by atoms with Gasteiger partial charge in [0.25, 0.3) is 5.67 Å². The number of rotatable bonds is 3. The van der Waals surface area contributed by atoms with Crippen molar-refractivity contribution >= 4 is 22.6 Å². The highest BCUT2D eigenvalue weighted by Gasteiger charge is 3.00. The minimum Gasteiger partial charge on any atom is -0.385 e. The highest BCUT2D eigenvalue weighted by Crippen LogP contribution is 2.70. The van der Waals surface area contributed by atoms with Gasteiger partial charge in [0.15, 0.2) is 0 Å². The molecule has 1 unspecified atom stereocenters. The molecule has 1 aliphatic rings. The largest absolute Gasteiger partial charge is 0.385 e. The second-order valence-corrected chi connectivity index (χ2v) is 7.31. The predicted molar refractivity (Wildman–Crippen MR) is 77.0 cm³/mol. The summed E-state index contributed by atoms with van der Waals surface area (Å²) in [5, 5.41) is 10.1. The summed E-state index contributed by atoms with van der Waals surface area (Å²) >= 11 is 1.70. The number of hydrogen-bond donors (Lipinski definition) is 1. The van der Waals surface area contributed by atoms with Gasteiger partial charge in [0.2, 0.25) is 0 Å². The lowest BCUT2D eigenvalue weighted by molar-refractivity contribution is -0.303. The van der Waals surface area contributed by atoms with Crippen LogP contribution in [0.3, 0.4) is 0 Å². The smallest absolute Gasteiger partial charge is 0.381 e. The van der Waals surface area contributed by atoms with Crippen LogP contribution in [0.25, 0.3) is 0 Å². The molecular weight excluding hydrogens is 482 g/mol. The van der Waals surface area contributed by atoms with Crippen LogP contribution in [0.5, 0.6) is 0 Å². The number of halogens is 10. The van der Waals surface area contributed by atoms with E-state index >= 15 is 0 Å². The molecule has 1 aromatic carbocycles. The van der Waals surface area contributed by atoms with Crippen molar-refractivity contribution in [1.82, 2.24) is 0 Å². The maximum atomic E-state index is 14.5. The van der Waals surface area contributed by atoms with Gasteiger partial charge in [-0.25, -0.2) is 4.39 Å². The molecule has 0 amide bonds. The van der Waals surface area contributed by atoms with Crippen LogP contribution in [0.2, 0.25) is 0 Å². The summed E-state index contributed by atoms with van der Waals surface area (Å²) in [6.45, 7) is 0.598. The van der Waals surface area contributed by atoms with Crippen molar-refractivity contribution in [3.05, 3.63) is 33.4 Å². The average Bonchev–Trinajstić information content (AvgIpc) is 2.49. The van der Waals surface area contributed by atoms with Gasteiger partial charge in [-0.3, -0.25) is 0 Å². The van der Waals surface area contributed by atoms with E-state index in [-0.39, 0.29) is 5.56 Å². The van der Waals surface area contributed by atoms with Crippen LogP contribution >= 0.6 is 22.6 Å². The van der Waals surface area contributed by atoms with Gasteiger partial charge in [-0.05, 0) is 47.2 Å². The first-order valence-electron chi connectivity index (χ1n) is 6.64. The van der Waals surface area contributed by atoms with Gasteiger partial charge >= 0.3 is 23.7 Å². The molecule has 1 fully saturated rings. The van der Waals surface area contributed by atoms with E-state index in [1.54, 1.807) is 22.6 Å². The molecule has 1 aliphatic carbocycles. The zero-order valence-corrected chi connectivity index (χ0v) is 14.4. The lowest BCUT2D eigenvalue weighted by atomic mass is 9.80. The highest BCUT2D eigenvalue weighted by atomic mass is 127. The molecule has 11 heteroatoms. The number of hydrogen-bond acceptors (Lipinski definition) is 1. The summed E-state index contributed by atoms with van der Waals surface area (Å²) < 4.78 is 123. The van der Waals surface area contributed by atoms with Crippen LogP contribution in [0, 0.1) is 3.57 Å². The molecule has 142 valence electrons. The van der Waals surface area contributed by atoms with Crippen LogP contribution in [0.1, 0.15) is 18.9 Å². The van der Waals surface area contributed by atoms with Crippen LogP contribution in [-0.2, 0) is 5.60 Å². The normalized spacial score (nSPS) is 27.7. The maximum Gasteiger partial charge on any atom is 0.381 e. The second-order valence-electron chi connectivity index (χ2n) is 6.06. The van der Waals surface area contributed by atoms with Gasteiger partial charge in [0, 0.05) is 9.99 Å². The predicted octanol–water partition coefficient (Wildman–Crippen LogP) is 5.15. The fraction of sp³-hybridized carbons (Fsp3) is 0.571. The Labute approximate surface area is 149 Å². The van der Waals surface area contributed by atoms with Gasteiger partial charge in [0.05, 0.1) is 5.60 Å². The molecule has 2 rings (SSSR count). The van der Waals surface area contributed by atoms with Gasteiger partial charge < -0.3 is 5.11 Å². The minimum absolute atomic E-state index is 0.374. The van der Waals surface area contributed by atoms with E-state index < -0.39 is 41.4 Å². The molecule has 0 heterocycles. The first-order valence-corrected chi connectivity index (χ1v) is 7.72. The summed E-state index contributed by atoms with van der Waals surface area (Å²) in [6.07, 6.45) is -2.37. The fourth-order valence-corrected chi connectivity index (χ4v) is 3.25. The molecule has 0 spiro atoms. The molecule has 0 bridgehead atoms. The Kier molecular flexibility index (Phi) is 4.44. The molecule has 25 heavy (non-hydrogen) atoms. The first kappa shape index (κ1) is 20.6. The Morgan fingerprint density at radius 1 is 0.880 bits per heavy atom. The summed E-state index contributed by atoms with van der Waals surface area (Å²) in [5.74, 6) is -26.1. The lowest BCUT2D eigenvalue weighted by Crippen LogP contribution is -2.57. The SMILES string of the molecule is CC(O)(CC1(F)C(F)(F)C(F)(F)C(F)(F)C1(F)F)c1cccc(I)c1. The standard InChI is InChI=1S/C14H10F9IO/c1-9(25,7-3-2-4-8(24)5-7)6-10(15)11(16,17)13(20,21)14(22,23)12(10,18)19/h2-5,25H,6H2,1H3. The van der Waals surface area contributed by atoms with E-state index in [1.807, 2.05) is 0 Å². The minimum atomic E-state index is -6.64. The van der Waals surface area contributed by atoms with Crippen molar-refractivity contribution in [2.45, 2.75) is 48.3 Å².